The first-order valence-electron chi connectivity index (χ1n) is 6.21. The number of aliphatic hydroxyl groups excluding tert-OH is 1. The number of nitrogens with zero attached hydrogens (tertiary/aromatic N) is 1. The summed E-state index contributed by atoms with van der Waals surface area (Å²) in [6.45, 7) is 7.70. The Morgan fingerprint density at radius 3 is 2.44 bits per heavy atom. The Kier molecular flexibility index (Phi) is 6.69. The van der Waals surface area contributed by atoms with E-state index in [9.17, 15) is 5.11 Å². The van der Waals surface area contributed by atoms with Crippen LogP contribution in [0.5, 0.6) is 0 Å². The molecule has 1 heterocycles. The molecule has 1 aromatic heterocycles. The van der Waals surface area contributed by atoms with E-state index in [4.69, 9.17) is 0 Å². The van der Waals surface area contributed by atoms with E-state index in [0.29, 0.717) is 0 Å². The zero-order chi connectivity index (χ0) is 11.8. The highest BCUT2D eigenvalue weighted by atomic mass is 32.1. The van der Waals surface area contributed by atoms with Crippen molar-refractivity contribution in [2.75, 3.05) is 19.6 Å². The third-order valence-corrected chi connectivity index (χ3v) is 3.64. The molecule has 0 bridgehead atoms. The van der Waals surface area contributed by atoms with Crippen LogP contribution in [0.2, 0.25) is 0 Å². The van der Waals surface area contributed by atoms with Crippen LogP contribution in [-0.4, -0.2) is 29.6 Å². The molecular weight excluding hydrogens is 218 g/mol. The summed E-state index contributed by atoms with van der Waals surface area (Å²) in [5.41, 5.74) is 0. The lowest BCUT2D eigenvalue weighted by Gasteiger charge is -2.22. The number of hydrogen-bond donors (Lipinski definition) is 1. The van der Waals surface area contributed by atoms with Gasteiger partial charge in [-0.25, -0.2) is 0 Å². The first kappa shape index (κ1) is 13.7. The standard InChI is InChI=1S/C13H23NOS/c1-3-8-14(9-4-2)10-7-12(15)13-6-5-11-16-13/h5-6,11-12,15H,3-4,7-10H2,1-2H3/t12-/m1/s1. The van der Waals surface area contributed by atoms with Crippen LogP contribution >= 0.6 is 11.3 Å². The fourth-order valence-electron chi connectivity index (χ4n) is 1.90. The van der Waals surface area contributed by atoms with Crippen LogP contribution in [0.3, 0.4) is 0 Å². The predicted octanol–water partition coefficient (Wildman–Crippen LogP) is 3.29. The third kappa shape index (κ3) is 4.64. The van der Waals surface area contributed by atoms with Gasteiger partial charge in [0.15, 0.2) is 0 Å². The molecule has 0 unspecified atom stereocenters. The van der Waals surface area contributed by atoms with Gasteiger partial charge in [0.25, 0.3) is 0 Å². The minimum absolute atomic E-state index is 0.281. The van der Waals surface area contributed by atoms with E-state index in [1.165, 1.54) is 12.8 Å². The maximum Gasteiger partial charge on any atom is 0.0894 e. The summed E-state index contributed by atoms with van der Waals surface area (Å²) in [7, 11) is 0. The van der Waals surface area contributed by atoms with Crippen molar-refractivity contribution in [3.05, 3.63) is 22.4 Å². The Morgan fingerprint density at radius 1 is 1.25 bits per heavy atom. The van der Waals surface area contributed by atoms with Gasteiger partial charge in [0.2, 0.25) is 0 Å². The van der Waals surface area contributed by atoms with Crippen LogP contribution in [0.15, 0.2) is 17.5 Å². The molecule has 0 aliphatic rings. The summed E-state index contributed by atoms with van der Waals surface area (Å²) in [4.78, 5) is 3.53. The molecule has 0 saturated heterocycles. The van der Waals surface area contributed by atoms with Crippen LogP contribution < -0.4 is 0 Å². The second kappa shape index (κ2) is 7.82. The predicted molar refractivity (Wildman–Crippen MR) is 70.9 cm³/mol. The molecule has 3 heteroatoms. The van der Waals surface area contributed by atoms with Crippen LogP contribution in [0, 0.1) is 0 Å². The minimum Gasteiger partial charge on any atom is -0.388 e. The molecule has 92 valence electrons. The highest BCUT2D eigenvalue weighted by Gasteiger charge is 2.10. The van der Waals surface area contributed by atoms with E-state index in [2.05, 4.69) is 18.7 Å². The fourth-order valence-corrected chi connectivity index (χ4v) is 2.64. The summed E-state index contributed by atoms with van der Waals surface area (Å²) in [6, 6.07) is 4.01. The first-order chi connectivity index (χ1) is 7.77. The van der Waals surface area contributed by atoms with Crippen molar-refractivity contribution >= 4 is 11.3 Å². The molecule has 1 rings (SSSR count). The monoisotopic (exact) mass is 241 g/mol. The van der Waals surface area contributed by atoms with Crippen molar-refractivity contribution in [3.63, 3.8) is 0 Å². The van der Waals surface area contributed by atoms with E-state index in [-0.39, 0.29) is 6.10 Å². The Bertz CT molecular complexity index is 255. The van der Waals surface area contributed by atoms with Crippen molar-refractivity contribution < 1.29 is 5.11 Å². The fraction of sp³-hybridized carbons (Fsp3) is 0.692. The zero-order valence-corrected chi connectivity index (χ0v) is 11.2. The largest absolute Gasteiger partial charge is 0.388 e. The molecule has 0 saturated carbocycles. The molecule has 1 N–H and O–H groups in total. The smallest absolute Gasteiger partial charge is 0.0894 e. The van der Waals surface area contributed by atoms with E-state index in [1.807, 2.05) is 17.5 Å². The summed E-state index contributed by atoms with van der Waals surface area (Å²) in [5.74, 6) is 0. The summed E-state index contributed by atoms with van der Waals surface area (Å²) in [5, 5.41) is 12.0. The average Bonchev–Trinajstić information content (AvgIpc) is 2.79. The van der Waals surface area contributed by atoms with Gasteiger partial charge in [-0.3, -0.25) is 0 Å². The average molecular weight is 241 g/mol. The number of aliphatic hydroxyl groups is 1. The van der Waals surface area contributed by atoms with Crippen LogP contribution in [0.1, 0.15) is 44.1 Å². The Morgan fingerprint density at radius 2 is 1.94 bits per heavy atom. The minimum atomic E-state index is -0.281. The highest BCUT2D eigenvalue weighted by molar-refractivity contribution is 7.10. The second-order valence-electron chi connectivity index (χ2n) is 4.16. The van der Waals surface area contributed by atoms with Crippen molar-refractivity contribution in [2.24, 2.45) is 0 Å². The van der Waals surface area contributed by atoms with E-state index in [1.54, 1.807) is 11.3 Å². The lowest BCUT2D eigenvalue weighted by Crippen LogP contribution is -2.27. The molecule has 0 spiro atoms. The molecule has 0 fully saturated rings. The van der Waals surface area contributed by atoms with Gasteiger partial charge in [-0.15, -0.1) is 11.3 Å². The SMILES string of the molecule is CCCN(CCC)CC[C@@H](O)c1cccs1. The van der Waals surface area contributed by atoms with Gasteiger partial charge in [0.1, 0.15) is 0 Å². The molecule has 1 atom stereocenters. The van der Waals surface area contributed by atoms with Crippen LogP contribution in [0.25, 0.3) is 0 Å². The van der Waals surface area contributed by atoms with Crippen LogP contribution in [0.4, 0.5) is 0 Å². The number of thiophene rings is 1. The van der Waals surface area contributed by atoms with Crippen molar-refractivity contribution in [1.82, 2.24) is 4.90 Å². The highest BCUT2D eigenvalue weighted by Crippen LogP contribution is 2.21. The summed E-state index contributed by atoms with van der Waals surface area (Å²) in [6.07, 6.45) is 2.95. The maximum absolute atomic E-state index is 9.98. The Hall–Kier alpha value is -0.380. The van der Waals surface area contributed by atoms with E-state index < -0.39 is 0 Å². The normalized spacial score (nSPS) is 13.2. The molecule has 0 radical (unpaired) electrons. The molecular formula is C13H23NOS. The van der Waals surface area contributed by atoms with Gasteiger partial charge in [0, 0.05) is 11.4 Å². The van der Waals surface area contributed by atoms with Gasteiger partial charge in [-0.05, 0) is 43.8 Å². The quantitative estimate of drug-likeness (QED) is 0.755. The topological polar surface area (TPSA) is 23.5 Å². The molecule has 0 aliphatic heterocycles. The molecule has 2 nitrogen and oxygen atoms in total. The Balaban J connectivity index is 2.30. The molecule has 0 amide bonds. The molecule has 0 aliphatic carbocycles. The molecule has 16 heavy (non-hydrogen) atoms. The van der Waals surface area contributed by atoms with E-state index >= 15 is 0 Å². The molecule has 1 aromatic rings. The first-order valence-corrected chi connectivity index (χ1v) is 7.09. The summed E-state index contributed by atoms with van der Waals surface area (Å²) >= 11 is 1.64. The number of hydrogen-bond acceptors (Lipinski definition) is 3. The number of rotatable bonds is 8. The van der Waals surface area contributed by atoms with Crippen molar-refractivity contribution in [2.45, 2.75) is 39.2 Å². The van der Waals surface area contributed by atoms with Gasteiger partial charge in [-0.2, -0.15) is 0 Å². The summed E-state index contributed by atoms with van der Waals surface area (Å²) < 4.78 is 0. The molecule has 0 aromatic carbocycles. The zero-order valence-electron chi connectivity index (χ0n) is 10.4. The lowest BCUT2D eigenvalue weighted by molar-refractivity contribution is 0.144. The van der Waals surface area contributed by atoms with E-state index in [0.717, 1.165) is 30.9 Å². The Labute approximate surface area is 103 Å². The maximum atomic E-state index is 9.98. The van der Waals surface area contributed by atoms with Gasteiger partial charge >= 0.3 is 0 Å². The lowest BCUT2D eigenvalue weighted by atomic mass is 10.2. The second-order valence-corrected chi connectivity index (χ2v) is 5.14. The van der Waals surface area contributed by atoms with Gasteiger partial charge < -0.3 is 10.0 Å². The van der Waals surface area contributed by atoms with Crippen LogP contribution in [-0.2, 0) is 0 Å². The van der Waals surface area contributed by atoms with Crippen molar-refractivity contribution in [3.8, 4) is 0 Å². The van der Waals surface area contributed by atoms with Gasteiger partial charge in [-0.1, -0.05) is 19.9 Å². The van der Waals surface area contributed by atoms with Crippen molar-refractivity contribution in [1.29, 1.82) is 0 Å². The third-order valence-electron chi connectivity index (χ3n) is 2.67. The van der Waals surface area contributed by atoms with Gasteiger partial charge in [0.05, 0.1) is 6.10 Å².